The van der Waals surface area contributed by atoms with Crippen molar-refractivity contribution < 1.29 is 9.59 Å². The van der Waals surface area contributed by atoms with Crippen LogP contribution in [0.4, 0.5) is 5.69 Å². The molecule has 1 aliphatic heterocycles. The van der Waals surface area contributed by atoms with Crippen molar-refractivity contribution in [3.05, 3.63) is 65.2 Å². The third-order valence-corrected chi connectivity index (χ3v) is 6.38. The van der Waals surface area contributed by atoms with E-state index in [1.54, 1.807) is 6.07 Å². The molecule has 6 heteroatoms. The van der Waals surface area contributed by atoms with E-state index in [9.17, 15) is 9.59 Å². The predicted octanol–water partition coefficient (Wildman–Crippen LogP) is 3.86. The van der Waals surface area contributed by atoms with Crippen molar-refractivity contribution in [1.29, 1.82) is 0 Å². The summed E-state index contributed by atoms with van der Waals surface area (Å²) in [4.78, 5) is 26.9. The Morgan fingerprint density at radius 1 is 1.10 bits per heavy atom. The number of nitrogens with two attached hydrogens (primary N) is 1. The van der Waals surface area contributed by atoms with Crippen molar-refractivity contribution in [2.24, 2.45) is 5.73 Å². The van der Waals surface area contributed by atoms with Gasteiger partial charge in [-0.15, -0.1) is 0 Å². The lowest BCUT2D eigenvalue weighted by Crippen LogP contribution is -2.38. The number of carbonyl (C=O) groups is 2. The van der Waals surface area contributed by atoms with Gasteiger partial charge in [-0.3, -0.25) is 9.59 Å². The summed E-state index contributed by atoms with van der Waals surface area (Å²) in [6.07, 6.45) is 1.90. The summed E-state index contributed by atoms with van der Waals surface area (Å²) in [6, 6.07) is 16.3. The molecular formula is C23H30N3O2Si. The molecule has 0 aliphatic carbocycles. The zero-order chi connectivity index (χ0) is 20.8. The Kier molecular flexibility index (Phi) is 7.22. The average molecular weight is 409 g/mol. The van der Waals surface area contributed by atoms with Crippen molar-refractivity contribution in [3.8, 4) is 0 Å². The molecule has 29 heavy (non-hydrogen) atoms. The maximum absolute atomic E-state index is 13.0. The zero-order valence-corrected chi connectivity index (χ0v) is 18.3. The molecule has 0 atom stereocenters. The molecule has 0 saturated carbocycles. The third kappa shape index (κ3) is 5.77. The maximum atomic E-state index is 13.0. The van der Waals surface area contributed by atoms with Gasteiger partial charge in [-0.2, -0.15) is 0 Å². The number of anilines is 1. The summed E-state index contributed by atoms with van der Waals surface area (Å²) < 4.78 is 0. The molecule has 0 unspecified atom stereocenters. The first-order valence-corrected chi connectivity index (χ1v) is 12.9. The van der Waals surface area contributed by atoms with Crippen LogP contribution >= 0.6 is 0 Å². The maximum Gasteiger partial charge on any atom is 0.253 e. The van der Waals surface area contributed by atoms with Gasteiger partial charge in [-0.1, -0.05) is 43.4 Å². The Hall–Kier alpha value is -2.44. The van der Waals surface area contributed by atoms with Crippen LogP contribution in [-0.4, -0.2) is 38.6 Å². The number of hydrogen-bond acceptors (Lipinski definition) is 3. The summed E-state index contributed by atoms with van der Waals surface area (Å²) in [5, 5.41) is 2.92. The minimum absolute atomic E-state index is 0.0222. The fourth-order valence-corrected chi connectivity index (χ4v) is 4.56. The van der Waals surface area contributed by atoms with Crippen LogP contribution in [0.5, 0.6) is 0 Å². The van der Waals surface area contributed by atoms with Crippen LogP contribution < -0.4 is 11.1 Å². The van der Waals surface area contributed by atoms with Crippen molar-refractivity contribution >= 4 is 26.3 Å². The molecule has 2 aromatic carbocycles. The number of likely N-dealkylation sites (tertiary alicyclic amines) is 1. The standard InChI is InChI=1S/C23H30N3O2Si/c1-29(2)16-22(27)25-21-8-4-7-20(14-21)23(28)26-11-9-18(10-12-26)19-6-3-5-17(13-19)15-24/h3-8,13-14,18H,9-12,15-16,24H2,1-2H3,(H,25,27). The second-order valence-electron chi connectivity index (χ2n) is 8.03. The predicted molar refractivity (Wildman–Crippen MR) is 120 cm³/mol. The first-order chi connectivity index (χ1) is 14.0. The molecule has 0 bridgehead atoms. The minimum Gasteiger partial charge on any atom is -0.339 e. The number of nitrogens with one attached hydrogen (secondary N) is 1. The lowest BCUT2D eigenvalue weighted by Gasteiger charge is -2.32. The van der Waals surface area contributed by atoms with Gasteiger partial charge in [0.1, 0.15) is 0 Å². The summed E-state index contributed by atoms with van der Waals surface area (Å²) >= 11 is 0. The number of amides is 2. The quantitative estimate of drug-likeness (QED) is 0.713. The number of rotatable bonds is 6. The van der Waals surface area contributed by atoms with Crippen LogP contribution in [0.15, 0.2) is 48.5 Å². The fraction of sp³-hybridized carbons (Fsp3) is 0.391. The highest BCUT2D eigenvalue weighted by Crippen LogP contribution is 2.29. The Balaban J connectivity index is 1.60. The summed E-state index contributed by atoms with van der Waals surface area (Å²) in [5.74, 6) is 0.523. The molecule has 1 fully saturated rings. The van der Waals surface area contributed by atoms with Gasteiger partial charge in [0.25, 0.3) is 5.91 Å². The van der Waals surface area contributed by atoms with Gasteiger partial charge < -0.3 is 16.0 Å². The smallest absolute Gasteiger partial charge is 0.253 e. The molecule has 2 aromatic rings. The van der Waals surface area contributed by atoms with E-state index >= 15 is 0 Å². The summed E-state index contributed by atoms with van der Waals surface area (Å²) in [5.41, 5.74) is 9.55. The molecule has 1 radical (unpaired) electrons. The highest BCUT2D eigenvalue weighted by Gasteiger charge is 2.25. The van der Waals surface area contributed by atoms with Gasteiger partial charge in [0.15, 0.2) is 0 Å². The van der Waals surface area contributed by atoms with Crippen molar-refractivity contribution in [2.75, 3.05) is 18.4 Å². The SMILES string of the molecule is C[Si](C)CC(=O)Nc1cccc(C(=O)N2CCC(c3cccc(CN)c3)CC2)c1. The molecule has 2 amide bonds. The number of hydrogen-bond donors (Lipinski definition) is 2. The Labute approximate surface area is 174 Å². The number of nitrogens with zero attached hydrogens (tertiary/aromatic N) is 1. The van der Waals surface area contributed by atoms with Gasteiger partial charge >= 0.3 is 0 Å². The van der Waals surface area contributed by atoms with E-state index in [2.05, 4.69) is 42.7 Å². The van der Waals surface area contributed by atoms with Crippen LogP contribution in [0.2, 0.25) is 19.1 Å². The van der Waals surface area contributed by atoms with E-state index in [0.717, 1.165) is 31.5 Å². The van der Waals surface area contributed by atoms with E-state index in [0.29, 0.717) is 29.8 Å². The molecule has 153 valence electrons. The normalized spacial score (nSPS) is 14.8. The molecular weight excluding hydrogens is 378 g/mol. The van der Waals surface area contributed by atoms with Crippen LogP contribution in [0, 0.1) is 0 Å². The largest absolute Gasteiger partial charge is 0.339 e. The van der Waals surface area contributed by atoms with Gasteiger partial charge in [0, 0.05) is 36.9 Å². The molecule has 1 heterocycles. The van der Waals surface area contributed by atoms with Crippen molar-refractivity contribution in [1.82, 2.24) is 4.90 Å². The highest BCUT2D eigenvalue weighted by atomic mass is 28.3. The number of carbonyl (C=O) groups excluding carboxylic acids is 2. The van der Waals surface area contributed by atoms with Crippen LogP contribution in [0.3, 0.4) is 0 Å². The Morgan fingerprint density at radius 2 is 1.83 bits per heavy atom. The lowest BCUT2D eigenvalue weighted by molar-refractivity contribution is -0.114. The van der Waals surface area contributed by atoms with E-state index in [1.165, 1.54) is 5.56 Å². The second kappa shape index (κ2) is 9.85. The lowest BCUT2D eigenvalue weighted by atomic mass is 9.88. The van der Waals surface area contributed by atoms with Crippen molar-refractivity contribution in [2.45, 2.75) is 44.4 Å². The molecule has 5 nitrogen and oxygen atoms in total. The molecule has 3 rings (SSSR count). The van der Waals surface area contributed by atoms with Gasteiger partial charge in [-0.25, -0.2) is 0 Å². The monoisotopic (exact) mass is 408 g/mol. The van der Waals surface area contributed by atoms with Crippen LogP contribution in [0.1, 0.15) is 40.2 Å². The number of benzene rings is 2. The van der Waals surface area contributed by atoms with Crippen molar-refractivity contribution in [3.63, 3.8) is 0 Å². The fourth-order valence-electron chi connectivity index (χ4n) is 3.83. The van der Waals surface area contributed by atoms with Crippen LogP contribution in [0.25, 0.3) is 0 Å². The first kappa shape index (κ1) is 21.3. The average Bonchev–Trinajstić information content (AvgIpc) is 2.73. The molecule has 0 aromatic heterocycles. The van der Waals surface area contributed by atoms with Gasteiger partial charge in [-0.05, 0) is 48.1 Å². The van der Waals surface area contributed by atoms with Gasteiger partial charge in [0.2, 0.25) is 5.91 Å². The third-order valence-electron chi connectivity index (χ3n) is 5.35. The first-order valence-electron chi connectivity index (χ1n) is 10.2. The molecule has 1 aliphatic rings. The molecule has 1 saturated heterocycles. The summed E-state index contributed by atoms with van der Waals surface area (Å²) in [7, 11) is -0.622. The van der Waals surface area contributed by atoms with E-state index < -0.39 is 8.80 Å². The van der Waals surface area contributed by atoms with Gasteiger partial charge in [0.05, 0.1) is 8.80 Å². The van der Waals surface area contributed by atoms with E-state index in [1.807, 2.05) is 23.1 Å². The topological polar surface area (TPSA) is 75.4 Å². The van der Waals surface area contributed by atoms with Crippen LogP contribution in [-0.2, 0) is 11.3 Å². The van der Waals surface area contributed by atoms with E-state index in [-0.39, 0.29) is 11.8 Å². The highest BCUT2D eigenvalue weighted by molar-refractivity contribution is 6.60. The van der Waals surface area contributed by atoms with E-state index in [4.69, 9.17) is 5.73 Å². The number of piperidine rings is 1. The molecule has 3 N–H and O–H groups in total. The second-order valence-corrected chi connectivity index (χ2v) is 10.8. The molecule has 0 spiro atoms. The minimum atomic E-state index is -0.622. The zero-order valence-electron chi connectivity index (χ0n) is 17.3. The Morgan fingerprint density at radius 3 is 2.52 bits per heavy atom. The summed E-state index contributed by atoms with van der Waals surface area (Å²) in [6.45, 7) is 6.26. The Bertz CT molecular complexity index is 861.